The summed E-state index contributed by atoms with van der Waals surface area (Å²) in [5.41, 5.74) is 9.18. The summed E-state index contributed by atoms with van der Waals surface area (Å²) < 4.78 is 20.7. The molecule has 0 aliphatic carbocycles. The van der Waals surface area contributed by atoms with Crippen LogP contribution in [0.15, 0.2) is 47.4 Å². The lowest BCUT2D eigenvalue weighted by Gasteiger charge is -2.18. The normalized spacial score (nSPS) is 11.8. The minimum absolute atomic E-state index is 0.133. The van der Waals surface area contributed by atoms with E-state index in [-0.39, 0.29) is 17.2 Å². The molecule has 0 amide bonds. The van der Waals surface area contributed by atoms with E-state index in [0.29, 0.717) is 39.5 Å². The van der Waals surface area contributed by atoms with Crippen LogP contribution >= 0.6 is 0 Å². The number of rotatable bonds is 4. The Morgan fingerprint density at radius 3 is 2.48 bits per heavy atom. The quantitative estimate of drug-likeness (QED) is 0.439. The second kappa shape index (κ2) is 9.27. The number of ether oxygens (including phenoxy) is 1. The van der Waals surface area contributed by atoms with Crippen molar-refractivity contribution in [1.29, 1.82) is 0 Å². The van der Waals surface area contributed by atoms with Crippen LogP contribution < -0.4 is 16.0 Å². The molecule has 6 heteroatoms. The van der Waals surface area contributed by atoms with Gasteiger partial charge in [-0.05, 0) is 42.6 Å². The van der Waals surface area contributed by atoms with Gasteiger partial charge in [0.05, 0.1) is 23.5 Å². The van der Waals surface area contributed by atoms with Gasteiger partial charge in [-0.15, -0.1) is 0 Å². The van der Waals surface area contributed by atoms with Crippen LogP contribution in [0.25, 0.3) is 32.9 Å². The second-order valence-corrected chi connectivity index (χ2v) is 7.21. The first-order valence-corrected chi connectivity index (χ1v) is 10.4. The van der Waals surface area contributed by atoms with Crippen molar-refractivity contribution < 1.29 is 9.13 Å². The molecular weight excluding hydrogens is 393 g/mol. The molecule has 2 aromatic carbocycles. The molecule has 2 aromatic heterocycles. The molecule has 0 saturated carbocycles. The van der Waals surface area contributed by atoms with E-state index >= 15 is 4.39 Å². The van der Waals surface area contributed by atoms with Crippen molar-refractivity contribution in [1.82, 2.24) is 9.97 Å². The Hall–Kier alpha value is -3.25. The predicted molar refractivity (Wildman–Crippen MR) is 125 cm³/mol. The highest BCUT2D eigenvalue weighted by Gasteiger charge is 2.23. The standard InChI is InChI=1S/C23H22FN3O2.C2H6/c1-12(11-25)14-6-8-15(9-7-14)17-18-20(13(2)19(24)22(17)29-3)27-23(28)16-5-4-10-26-21(16)18;1-2/h4-10,12H,11,25H2,1-3H3,(H,27,28);1-2H3. The minimum atomic E-state index is -0.500. The third kappa shape index (κ3) is 3.79. The summed E-state index contributed by atoms with van der Waals surface area (Å²) in [4.78, 5) is 19.8. The topological polar surface area (TPSA) is 81.0 Å². The smallest absolute Gasteiger partial charge is 0.257 e. The van der Waals surface area contributed by atoms with Crippen LogP contribution in [0.2, 0.25) is 0 Å². The lowest BCUT2D eigenvalue weighted by Crippen LogP contribution is -2.10. The molecule has 0 bridgehead atoms. The molecule has 0 fully saturated rings. The van der Waals surface area contributed by atoms with E-state index in [2.05, 4.69) is 16.9 Å². The van der Waals surface area contributed by atoms with Gasteiger partial charge < -0.3 is 15.5 Å². The second-order valence-electron chi connectivity index (χ2n) is 7.21. The summed E-state index contributed by atoms with van der Waals surface area (Å²) in [5.74, 6) is -0.148. The maximum absolute atomic E-state index is 15.2. The number of nitrogens with two attached hydrogens (primary N) is 1. The van der Waals surface area contributed by atoms with E-state index in [1.165, 1.54) is 7.11 Å². The van der Waals surface area contributed by atoms with Gasteiger partial charge in [-0.1, -0.05) is 45.0 Å². The Bertz CT molecular complexity index is 1280. The lowest BCUT2D eigenvalue weighted by atomic mass is 9.92. The van der Waals surface area contributed by atoms with Gasteiger partial charge in [0.25, 0.3) is 5.56 Å². The van der Waals surface area contributed by atoms with Crippen molar-refractivity contribution >= 4 is 21.8 Å². The number of hydrogen-bond donors (Lipinski definition) is 2. The molecule has 31 heavy (non-hydrogen) atoms. The van der Waals surface area contributed by atoms with E-state index in [9.17, 15) is 4.79 Å². The Morgan fingerprint density at radius 2 is 1.87 bits per heavy atom. The van der Waals surface area contributed by atoms with Gasteiger partial charge in [-0.2, -0.15) is 0 Å². The number of nitrogens with one attached hydrogen (secondary N) is 1. The van der Waals surface area contributed by atoms with Crippen LogP contribution in [-0.4, -0.2) is 23.6 Å². The maximum atomic E-state index is 15.2. The van der Waals surface area contributed by atoms with Crippen LogP contribution in [0, 0.1) is 12.7 Å². The van der Waals surface area contributed by atoms with Gasteiger partial charge in [-0.25, -0.2) is 4.39 Å². The number of aromatic nitrogens is 2. The number of aromatic amines is 1. The zero-order valence-corrected chi connectivity index (χ0v) is 18.5. The molecule has 3 N–H and O–H groups in total. The van der Waals surface area contributed by atoms with Gasteiger partial charge in [0, 0.05) is 22.7 Å². The summed E-state index contributed by atoms with van der Waals surface area (Å²) in [6.45, 7) is 8.22. The number of halogens is 1. The lowest BCUT2D eigenvalue weighted by molar-refractivity contribution is 0.388. The van der Waals surface area contributed by atoms with Crippen molar-refractivity contribution in [3.8, 4) is 16.9 Å². The summed E-state index contributed by atoms with van der Waals surface area (Å²) in [6.07, 6.45) is 1.63. The molecule has 0 aliphatic heterocycles. The molecule has 0 radical (unpaired) electrons. The van der Waals surface area contributed by atoms with Gasteiger partial charge in [0.2, 0.25) is 0 Å². The first kappa shape index (κ1) is 22.4. The minimum Gasteiger partial charge on any atom is -0.493 e. The van der Waals surface area contributed by atoms with Crippen molar-refractivity contribution in [2.75, 3.05) is 13.7 Å². The summed E-state index contributed by atoms with van der Waals surface area (Å²) in [6, 6.07) is 11.2. The van der Waals surface area contributed by atoms with Gasteiger partial charge in [0.15, 0.2) is 11.6 Å². The first-order chi connectivity index (χ1) is 15.0. The van der Waals surface area contributed by atoms with E-state index in [1.807, 2.05) is 38.1 Å². The number of benzene rings is 2. The molecule has 162 valence electrons. The molecule has 1 unspecified atom stereocenters. The molecule has 4 aromatic rings. The first-order valence-electron chi connectivity index (χ1n) is 10.4. The Balaban J connectivity index is 0.00000132. The fourth-order valence-electron chi connectivity index (χ4n) is 3.76. The van der Waals surface area contributed by atoms with Crippen LogP contribution in [0.5, 0.6) is 5.75 Å². The number of methoxy groups -OCH3 is 1. The van der Waals surface area contributed by atoms with Gasteiger partial charge in [-0.3, -0.25) is 9.78 Å². The number of hydrogen-bond acceptors (Lipinski definition) is 4. The zero-order chi connectivity index (χ0) is 22.7. The summed E-state index contributed by atoms with van der Waals surface area (Å²) in [7, 11) is 1.44. The summed E-state index contributed by atoms with van der Waals surface area (Å²) >= 11 is 0. The van der Waals surface area contributed by atoms with Gasteiger partial charge in [0.1, 0.15) is 0 Å². The molecule has 0 saturated heterocycles. The zero-order valence-electron chi connectivity index (χ0n) is 18.5. The average molecular weight is 422 g/mol. The number of aryl methyl sites for hydroxylation is 1. The molecule has 0 spiro atoms. The van der Waals surface area contributed by atoms with Crippen LogP contribution in [0.4, 0.5) is 4.39 Å². The predicted octanol–water partition coefficient (Wildman–Crippen LogP) is 5.29. The highest BCUT2D eigenvalue weighted by Crippen LogP contribution is 2.42. The monoisotopic (exact) mass is 421 g/mol. The van der Waals surface area contributed by atoms with E-state index in [1.54, 1.807) is 25.3 Å². The maximum Gasteiger partial charge on any atom is 0.257 e. The highest BCUT2D eigenvalue weighted by atomic mass is 19.1. The molecule has 0 aliphatic rings. The van der Waals surface area contributed by atoms with Crippen molar-refractivity contribution in [2.24, 2.45) is 5.73 Å². The number of H-pyrrole nitrogens is 1. The SMILES string of the molecule is CC.COc1c(F)c(C)c2[nH]c(=O)c3cccnc3c2c1-c1ccc(C(C)CN)cc1. The van der Waals surface area contributed by atoms with Crippen LogP contribution in [0.1, 0.15) is 37.8 Å². The molecule has 5 nitrogen and oxygen atoms in total. The molecule has 2 heterocycles. The number of nitrogens with zero attached hydrogens (tertiary/aromatic N) is 1. The molecule has 4 rings (SSSR count). The fraction of sp³-hybridized carbons (Fsp3) is 0.280. The highest BCUT2D eigenvalue weighted by molar-refractivity contribution is 6.13. The van der Waals surface area contributed by atoms with Crippen molar-refractivity contribution in [3.05, 3.63) is 69.9 Å². The number of fused-ring (bicyclic) bond motifs is 3. The Kier molecular flexibility index (Phi) is 6.71. The van der Waals surface area contributed by atoms with Crippen molar-refractivity contribution in [2.45, 2.75) is 33.6 Å². The Labute approximate surface area is 181 Å². The van der Waals surface area contributed by atoms with E-state index in [0.717, 1.165) is 11.1 Å². The molecular formula is C25H28FN3O2. The average Bonchev–Trinajstić information content (AvgIpc) is 2.82. The largest absolute Gasteiger partial charge is 0.493 e. The third-order valence-electron chi connectivity index (χ3n) is 5.48. The third-order valence-corrected chi connectivity index (χ3v) is 5.48. The van der Waals surface area contributed by atoms with Gasteiger partial charge >= 0.3 is 0 Å². The van der Waals surface area contributed by atoms with E-state index < -0.39 is 5.82 Å². The van der Waals surface area contributed by atoms with Crippen LogP contribution in [0.3, 0.4) is 0 Å². The molecule has 1 atom stereocenters. The fourth-order valence-corrected chi connectivity index (χ4v) is 3.76. The van der Waals surface area contributed by atoms with Crippen molar-refractivity contribution in [3.63, 3.8) is 0 Å². The van der Waals surface area contributed by atoms with Crippen LogP contribution in [-0.2, 0) is 0 Å². The Morgan fingerprint density at radius 1 is 1.19 bits per heavy atom. The number of pyridine rings is 2. The summed E-state index contributed by atoms with van der Waals surface area (Å²) in [5, 5.41) is 1.11. The van der Waals surface area contributed by atoms with E-state index in [4.69, 9.17) is 10.5 Å².